The van der Waals surface area contributed by atoms with Crippen LogP contribution in [0.1, 0.15) is 99.0 Å². The molecule has 0 bridgehead atoms. The molecule has 1 aromatic carbocycles. The molecule has 4 aliphatic heterocycles. The molecule has 0 radical (unpaired) electrons. The molecule has 127 heavy (non-hydrogen) atoms. The van der Waals surface area contributed by atoms with Crippen molar-refractivity contribution in [1.29, 1.82) is 0 Å². The van der Waals surface area contributed by atoms with Crippen molar-refractivity contribution in [2.24, 2.45) is 17.8 Å². The van der Waals surface area contributed by atoms with Crippen LogP contribution in [0, 0.1) is 50.3 Å². The largest absolute Gasteiger partial charge is 0.328 e. The van der Waals surface area contributed by atoms with Crippen molar-refractivity contribution in [3.63, 3.8) is 0 Å². The molecule has 658 valence electrons. The minimum absolute atomic E-state index is 0.00838. The molecule has 14 aromatic heterocycles. The molecule has 3 amide bonds. The number of amides is 3. The van der Waals surface area contributed by atoms with Crippen LogP contribution >= 0.6 is 34.6 Å². The average Bonchev–Trinajstić information content (AvgIpc) is 1.64. The molecule has 39 heteroatoms. The molecule has 4 aliphatic rings. The van der Waals surface area contributed by atoms with E-state index in [9.17, 15) is 23.2 Å². The van der Waals surface area contributed by atoms with Crippen molar-refractivity contribution in [2.45, 2.75) is 126 Å². The number of nitrogens with one attached hydrogen (secondary N) is 6. The number of piperidine rings is 3. The number of nitrogens with zero attached hydrogens (tertiary/aromatic N) is 25. The Kier molecular flexibility index (Phi) is 26.9. The number of likely N-dealkylation sites (N-methyl/N-ethyl adjacent to an activating group) is 1. The molecule has 34 nitrogen and oxygen atoms in total. The minimum Gasteiger partial charge on any atom is -0.328 e. The Bertz CT molecular complexity index is 6320. The molecule has 4 fully saturated rings. The minimum atomic E-state index is -0.606. The first-order valence-corrected chi connectivity index (χ1v) is 45.0. The summed E-state index contributed by atoms with van der Waals surface area (Å²) < 4.78 is 51.5. The van der Waals surface area contributed by atoms with E-state index in [1.54, 1.807) is 48.1 Å². The number of fused-ring (bicyclic) bond motifs is 3. The van der Waals surface area contributed by atoms with Crippen LogP contribution in [0.5, 0.6) is 0 Å². The number of anilines is 9. The van der Waals surface area contributed by atoms with Gasteiger partial charge in [0.1, 0.15) is 34.6 Å². The van der Waals surface area contributed by atoms with Gasteiger partial charge in [0.25, 0.3) is 0 Å². The molecule has 0 spiro atoms. The maximum Gasteiger partial charge on any atom is 0.246 e. The van der Waals surface area contributed by atoms with Gasteiger partial charge in [0, 0.05) is 138 Å². The smallest absolute Gasteiger partial charge is 0.246 e. The maximum atomic E-state index is 13.8. The van der Waals surface area contributed by atoms with Gasteiger partial charge in [-0.2, -0.15) is 32.8 Å². The van der Waals surface area contributed by atoms with Gasteiger partial charge >= 0.3 is 0 Å². The van der Waals surface area contributed by atoms with Gasteiger partial charge in [-0.15, -0.1) is 0 Å². The van der Waals surface area contributed by atoms with Crippen molar-refractivity contribution in [1.82, 2.24) is 120 Å². The number of piperazine rings is 1. The number of aromatic nitrogens is 20. The zero-order valence-electron chi connectivity index (χ0n) is 71.8. The maximum absolute atomic E-state index is 13.8. The topological polar surface area (TPSA) is 348 Å². The average molecular weight is 1780 g/mol. The molecule has 15 aromatic rings. The lowest BCUT2D eigenvalue weighted by atomic mass is 10.0. The number of halogens is 2. The fourth-order valence-corrected chi connectivity index (χ4v) is 18.5. The Morgan fingerprint density at radius 3 is 1.23 bits per heavy atom. The predicted octanol–water partition coefficient (Wildman–Crippen LogP) is 13.7. The molecule has 19 rings (SSSR count). The second-order valence-corrected chi connectivity index (χ2v) is 35.9. The van der Waals surface area contributed by atoms with Crippen LogP contribution in [-0.4, -0.2) is 210 Å². The fourth-order valence-electron chi connectivity index (χ4n) is 16.5. The summed E-state index contributed by atoms with van der Waals surface area (Å²) in [6, 6.07) is 18.5. The second kappa shape index (κ2) is 39.5. The van der Waals surface area contributed by atoms with Gasteiger partial charge < -0.3 is 36.8 Å². The summed E-state index contributed by atoms with van der Waals surface area (Å²) in [5.41, 5.74) is 15.2. The van der Waals surface area contributed by atoms with Crippen molar-refractivity contribution >= 4 is 119 Å². The number of pyridine rings is 2. The molecule has 0 aliphatic carbocycles. The van der Waals surface area contributed by atoms with E-state index in [1.807, 2.05) is 77.1 Å². The normalized spacial score (nSPS) is 16.7. The van der Waals surface area contributed by atoms with E-state index < -0.39 is 17.7 Å². The van der Waals surface area contributed by atoms with E-state index in [0.717, 1.165) is 204 Å². The van der Waals surface area contributed by atoms with Crippen molar-refractivity contribution in [2.75, 3.05) is 104 Å². The Morgan fingerprint density at radius 2 is 0.835 bits per heavy atom. The third-order valence-corrected chi connectivity index (χ3v) is 24.8. The Labute approximate surface area is 744 Å². The van der Waals surface area contributed by atoms with Crippen molar-refractivity contribution in [3.05, 3.63) is 205 Å². The summed E-state index contributed by atoms with van der Waals surface area (Å²) in [6.45, 7) is 27.4. The highest BCUT2D eigenvalue weighted by molar-refractivity contribution is 7.10. The highest BCUT2D eigenvalue weighted by Gasteiger charge is 2.26. The highest BCUT2D eigenvalue weighted by atomic mass is 32.1. The molecule has 3 atom stereocenters. The van der Waals surface area contributed by atoms with Gasteiger partial charge in [-0.1, -0.05) is 32.9 Å². The summed E-state index contributed by atoms with van der Waals surface area (Å²) in [4.78, 5) is 85.4. The van der Waals surface area contributed by atoms with Gasteiger partial charge in [0.2, 0.25) is 23.7 Å². The van der Waals surface area contributed by atoms with E-state index in [4.69, 9.17) is 24.3 Å². The number of hydrogen-bond acceptors (Lipinski definition) is 28. The van der Waals surface area contributed by atoms with Crippen LogP contribution in [0.3, 0.4) is 0 Å². The van der Waals surface area contributed by atoms with Crippen LogP contribution in [0.4, 0.5) is 58.3 Å². The summed E-state index contributed by atoms with van der Waals surface area (Å²) >= 11 is 4.29. The quantitative estimate of drug-likeness (QED) is 0.0274. The molecule has 6 N–H and O–H groups in total. The number of likely N-dealkylation sites (tertiary alicyclic amines) is 3. The Morgan fingerprint density at radius 1 is 0.433 bits per heavy atom. The van der Waals surface area contributed by atoms with E-state index in [-0.39, 0.29) is 37.1 Å². The molecule has 0 saturated carbocycles. The van der Waals surface area contributed by atoms with E-state index in [2.05, 4.69) is 159 Å². The van der Waals surface area contributed by atoms with Gasteiger partial charge in [0.15, 0.2) is 40.2 Å². The standard InChI is InChI=1S/C34H43N11OS.2C27H29FN10OS/c1-24-5-4-10-43(18-24)22-29-15-32(47-40-29)39-33-34-35-17-30(45(34)19-25(2)37-33)27-16-36-44(21-27)23-31(46)38-28-8-6-26(7-9-28)20-42-13-11-41(3)12-14-42;1-17-4-3-7-36(12-17)15-20-8-25(40-35-20)34-26-27-30-11-23(38(27)13-18(2)32-26)19-9-31-37(14-19)16-24(39)33-22-5-6-29-10-21(22)28;1-17-4-3-7-36(12-17)15-21-8-25(40-35-21)34-26-27-30-11-22(38(27)13-18(2)32-26)19-9-31-37(14-19)16-24(39)33-20-5-6-23(28)29-10-20/h6-9,15-17,19,21,24H,4-5,10-14,18,20,22-23H2,1-3H3,(H,37,39)(H,38,46);5-6,8-11,13-14,17H,3-4,7,12,15-16H2,1-2H3,(H,32,34)(H,29,33,39);5-6,8-11,13-14,17H,3-4,7,12,15-16H2,1-2H3,(H,32,34)(H,33,39). The molecular weight excluding hydrogens is 1670 g/mol. The van der Waals surface area contributed by atoms with Crippen LogP contribution in [-0.2, 0) is 60.2 Å². The van der Waals surface area contributed by atoms with Crippen molar-refractivity contribution < 1.29 is 23.2 Å². The summed E-state index contributed by atoms with van der Waals surface area (Å²) in [7, 11) is 2.17. The highest BCUT2D eigenvalue weighted by Crippen LogP contribution is 2.34. The van der Waals surface area contributed by atoms with E-state index >= 15 is 0 Å². The Hall–Kier alpha value is -12.6. The summed E-state index contributed by atoms with van der Waals surface area (Å²) in [5.74, 6) is 2.13. The number of carbonyl (C=O) groups excluding carboxylic acids is 3. The van der Waals surface area contributed by atoms with Gasteiger partial charge in [-0.25, -0.2) is 39.3 Å². The molecule has 18 heterocycles. The number of benzene rings is 1. The number of carbonyl (C=O) groups is 3. The third kappa shape index (κ3) is 22.3. The lowest BCUT2D eigenvalue weighted by molar-refractivity contribution is -0.117. The number of rotatable bonds is 26. The van der Waals surface area contributed by atoms with Gasteiger partial charge in [0.05, 0.1) is 112 Å². The monoisotopic (exact) mass is 1770 g/mol. The zero-order valence-corrected chi connectivity index (χ0v) is 74.3. The number of imidazole rings is 3. The first-order valence-electron chi connectivity index (χ1n) is 42.7. The van der Waals surface area contributed by atoms with E-state index in [1.165, 1.54) is 119 Å². The zero-order chi connectivity index (χ0) is 87.6. The second-order valence-electron chi connectivity index (χ2n) is 33.5. The predicted molar refractivity (Wildman–Crippen MR) is 488 cm³/mol. The number of aryl methyl sites for hydroxylation is 3. The number of hydrogen-bond donors (Lipinski definition) is 6. The third-order valence-electron chi connectivity index (χ3n) is 22.6. The van der Waals surface area contributed by atoms with Crippen molar-refractivity contribution in [3.8, 4) is 33.8 Å². The summed E-state index contributed by atoms with van der Waals surface area (Å²) in [6.07, 6.45) is 33.1. The van der Waals surface area contributed by atoms with Crippen LogP contribution in [0.15, 0.2) is 154 Å². The fraction of sp³-hybridized carbons (Fsp3) is 0.375. The first kappa shape index (κ1) is 86.5. The van der Waals surface area contributed by atoms with E-state index in [0.29, 0.717) is 40.1 Å². The Balaban J connectivity index is 0.000000135. The SMILES string of the molecule is Cc1cn2c(-c3cnn(CC(=O)Nc4ccc(CN5CCN(C)CC5)cc4)c3)cnc2c(Nc2cc(CN3CCCC(C)C3)ns2)n1.Cc1cn2c(-c3cnn(CC(=O)Nc4ccc(F)nc4)c3)cnc2c(Nc2cc(CN3CCCC(C)C3)ns2)n1.Cc1cn2c(-c3cnn(CC(=O)Nc4ccncc4F)c3)cnc2c(Nc2cc(CN3CCCC(C)C3)ns2)n1. The lowest BCUT2D eigenvalue weighted by Crippen LogP contribution is -2.43. The van der Waals surface area contributed by atoms with Gasteiger partial charge in [-0.05, 0) is 192 Å². The molecular formula is C88H101F2N31O3S3. The molecule has 3 unspecified atom stereocenters. The molecule has 4 saturated heterocycles. The van der Waals surface area contributed by atoms with Crippen LogP contribution in [0.25, 0.3) is 50.7 Å². The first-order chi connectivity index (χ1) is 61.6. The lowest BCUT2D eigenvalue weighted by Gasteiger charge is -2.32. The van der Waals surface area contributed by atoms with Crippen LogP contribution in [0.2, 0.25) is 0 Å². The van der Waals surface area contributed by atoms with Crippen LogP contribution < -0.4 is 31.9 Å². The summed E-state index contributed by atoms with van der Waals surface area (Å²) in [5, 5.41) is 34.4. The van der Waals surface area contributed by atoms with Gasteiger partial charge in [-0.3, -0.25) is 66.2 Å².